The Balaban J connectivity index is 1.91. The molecule has 1 aliphatic carbocycles. The predicted molar refractivity (Wildman–Crippen MR) is 73.3 cm³/mol. The zero-order valence-electron chi connectivity index (χ0n) is 11.8. The molecule has 0 saturated heterocycles. The largest absolute Gasteiger partial charge is 0.475 e. The number of hydrogen-bond donors (Lipinski definition) is 2. The predicted octanol–water partition coefficient (Wildman–Crippen LogP) is 2.95. The quantitative estimate of drug-likeness (QED) is 0.830. The van der Waals surface area contributed by atoms with E-state index in [4.69, 9.17) is 9.52 Å². The van der Waals surface area contributed by atoms with Crippen LogP contribution in [0.4, 0.5) is 0 Å². The van der Waals surface area contributed by atoms with Crippen molar-refractivity contribution >= 4 is 11.9 Å². The first-order chi connectivity index (χ1) is 9.51. The maximum Gasteiger partial charge on any atom is 0.371 e. The van der Waals surface area contributed by atoms with Gasteiger partial charge in [-0.25, -0.2) is 4.79 Å². The second-order valence-electron chi connectivity index (χ2n) is 5.73. The Hall–Kier alpha value is -1.78. The lowest BCUT2D eigenvalue weighted by molar-refractivity contribution is -0.131. The third-order valence-corrected chi connectivity index (χ3v) is 4.05. The van der Waals surface area contributed by atoms with Gasteiger partial charge >= 0.3 is 5.97 Å². The minimum Gasteiger partial charge on any atom is -0.475 e. The summed E-state index contributed by atoms with van der Waals surface area (Å²) in [5.74, 6) is -0.700. The number of carboxylic acid groups (broad SMARTS) is 1. The number of carbonyl (C=O) groups excluding carboxylic acids is 1. The molecule has 0 unspecified atom stereocenters. The number of carbonyl (C=O) groups is 2. The highest BCUT2D eigenvalue weighted by atomic mass is 16.4. The lowest BCUT2D eigenvalue weighted by Crippen LogP contribution is -2.38. The van der Waals surface area contributed by atoms with Crippen molar-refractivity contribution in [2.45, 2.75) is 52.0 Å². The molecule has 2 rings (SSSR count). The normalized spacial score (nSPS) is 18.2. The van der Waals surface area contributed by atoms with Gasteiger partial charge in [0, 0.05) is 5.41 Å². The van der Waals surface area contributed by atoms with Gasteiger partial charge in [0.1, 0.15) is 5.76 Å². The Morgan fingerprint density at radius 3 is 2.45 bits per heavy atom. The molecule has 1 aliphatic rings. The average Bonchev–Trinajstić information content (AvgIpc) is 2.78. The van der Waals surface area contributed by atoms with Gasteiger partial charge in [0.25, 0.3) is 0 Å². The standard InChI is InChI=1S/C15H21NO4/c1-15(8-4-2-3-5-9-15)14(19)16-10-11-6-7-12(20-11)13(17)18/h6-7H,2-5,8-10H2,1H3,(H,16,19)(H,17,18). The third kappa shape index (κ3) is 3.40. The van der Waals surface area contributed by atoms with E-state index < -0.39 is 5.97 Å². The fourth-order valence-electron chi connectivity index (χ4n) is 2.70. The maximum absolute atomic E-state index is 12.3. The fourth-order valence-corrected chi connectivity index (χ4v) is 2.70. The van der Waals surface area contributed by atoms with Crippen LogP contribution in [0.25, 0.3) is 0 Å². The molecular formula is C15H21NO4. The molecule has 1 amide bonds. The molecule has 5 nitrogen and oxygen atoms in total. The van der Waals surface area contributed by atoms with E-state index in [2.05, 4.69) is 5.32 Å². The van der Waals surface area contributed by atoms with Gasteiger partial charge in [-0.2, -0.15) is 0 Å². The second kappa shape index (κ2) is 6.11. The van der Waals surface area contributed by atoms with Crippen LogP contribution < -0.4 is 5.32 Å². The van der Waals surface area contributed by atoms with Gasteiger partial charge in [0.2, 0.25) is 11.7 Å². The molecule has 5 heteroatoms. The summed E-state index contributed by atoms with van der Waals surface area (Å²) < 4.78 is 5.13. The van der Waals surface area contributed by atoms with E-state index in [1.54, 1.807) is 6.07 Å². The topological polar surface area (TPSA) is 79.5 Å². The van der Waals surface area contributed by atoms with Crippen molar-refractivity contribution in [3.63, 3.8) is 0 Å². The third-order valence-electron chi connectivity index (χ3n) is 4.05. The molecule has 0 radical (unpaired) electrons. The van der Waals surface area contributed by atoms with Crippen LogP contribution in [-0.2, 0) is 11.3 Å². The fraction of sp³-hybridized carbons (Fsp3) is 0.600. The van der Waals surface area contributed by atoms with Crippen LogP contribution in [0.1, 0.15) is 61.8 Å². The SMILES string of the molecule is CC1(C(=O)NCc2ccc(C(=O)O)o2)CCCCCC1. The lowest BCUT2D eigenvalue weighted by atomic mass is 9.81. The number of furan rings is 1. The molecule has 110 valence electrons. The molecular weight excluding hydrogens is 258 g/mol. The van der Waals surface area contributed by atoms with Crippen molar-refractivity contribution in [2.24, 2.45) is 5.41 Å². The minimum absolute atomic E-state index is 0.0349. The summed E-state index contributed by atoms with van der Waals surface area (Å²) >= 11 is 0. The van der Waals surface area contributed by atoms with Gasteiger partial charge < -0.3 is 14.8 Å². The molecule has 2 N–H and O–H groups in total. The van der Waals surface area contributed by atoms with Crippen molar-refractivity contribution in [1.82, 2.24) is 5.32 Å². The number of aromatic carboxylic acids is 1. The van der Waals surface area contributed by atoms with Crippen LogP contribution >= 0.6 is 0 Å². The van der Waals surface area contributed by atoms with Gasteiger partial charge in [-0.05, 0) is 25.0 Å². The van der Waals surface area contributed by atoms with Crippen molar-refractivity contribution in [1.29, 1.82) is 0 Å². The van der Waals surface area contributed by atoms with Crippen molar-refractivity contribution < 1.29 is 19.1 Å². The van der Waals surface area contributed by atoms with Gasteiger partial charge in [-0.3, -0.25) is 4.79 Å². The smallest absolute Gasteiger partial charge is 0.371 e. The molecule has 0 aliphatic heterocycles. The number of carboxylic acids is 1. The Labute approximate surface area is 118 Å². The van der Waals surface area contributed by atoms with Gasteiger partial charge in [-0.15, -0.1) is 0 Å². The summed E-state index contributed by atoms with van der Waals surface area (Å²) in [6.07, 6.45) is 6.41. The summed E-state index contributed by atoms with van der Waals surface area (Å²) in [6.45, 7) is 2.25. The molecule has 0 bridgehead atoms. The van der Waals surface area contributed by atoms with E-state index in [1.165, 1.54) is 18.9 Å². The van der Waals surface area contributed by atoms with Crippen molar-refractivity contribution in [3.8, 4) is 0 Å². The molecule has 20 heavy (non-hydrogen) atoms. The van der Waals surface area contributed by atoms with Gasteiger partial charge in [0.05, 0.1) is 6.54 Å². The number of nitrogens with one attached hydrogen (secondary N) is 1. The molecule has 1 saturated carbocycles. The van der Waals surface area contributed by atoms with Crippen LogP contribution in [0.5, 0.6) is 0 Å². The lowest BCUT2D eigenvalue weighted by Gasteiger charge is -2.26. The van der Waals surface area contributed by atoms with Crippen LogP contribution in [-0.4, -0.2) is 17.0 Å². The maximum atomic E-state index is 12.3. The van der Waals surface area contributed by atoms with E-state index in [9.17, 15) is 9.59 Å². The van der Waals surface area contributed by atoms with Crippen molar-refractivity contribution in [2.75, 3.05) is 0 Å². The van der Waals surface area contributed by atoms with Crippen LogP contribution in [0.3, 0.4) is 0 Å². The highest BCUT2D eigenvalue weighted by Gasteiger charge is 2.33. The molecule has 1 fully saturated rings. The van der Waals surface area contributed by atoms with Crippen LogP contribution in [0, 0.1) is 5.41 Å². The minimum atomic E-state index is -1.10. The zero-order valence-corrected chi connectivity index (χ0v) is 11.8. The first kappa shape index (κ1) is 14.6. The van der Waals surface area contributed by atoms with E-state index in [0.717, 1.165) is 25.7 Å². The van der Waals surface area contributed by atoms with E-state index in [-0.39, 0.29) is 23.6 Å². The summed E-state index contributed by atoms with van der Waals surface area (Å²) in [5, 5.41) is 11.6. The number of hydrogen-bond acceptors (Lipinski definition) is 3. The van der Waals surface area contributed by atoms with Crippen LogP contribution in [0.2, 0.25) is 0 Å². The first-order valence-corrected chi connectivity index (χ1v) is 7.12. The van der Waals surface area contributed by atoms with Crippen LogP contribution in [0.15, 0.2) is 16.5 Å². The molecule has 0 aromatic carbocycles. The number of amides is 1. The Morgan fingerprint density at radius 1 is 1.25 bits per heavy atom. The Bertz CT molecular complexity index is 484. The summed E-state index contributed by atoms with van der Waals surface area (Å²) in [6, 6.07) is 2.98. The first-order valence-electron chi connectivity index (χ1n) is 7.12. The molecule has 1 heterocycles. The highest BCUT2D eigenvalue weighted by molar-refractivity contribution is 5.84. The molecule has 0 atom stereocenters. The molecule has 1 aromatic rings. The number of rotatable bonds is 4. The Kier molecular flexibility index (Phi) is 4.47. The summed E-state index contributed by atoms with van der Waals surface area (Å²) in [5.41, 5.74) is -0.307. The van der Waals surface area contributed by atoms with Gasteiger partial charge in [-0.1, -0.05) is 32.6 Å². The van der Waals surface area contributed by atoms with E-state index >= 15 is 0 Å². The second-order valence-corrected chi connectivity index (χ2v) is 5.73. The Morgan fingerprint density at radius 2 is 1.90 bits per heavy atom. The molecule has 1 aromatic heterocycles. The summed E-state index contributed by atoms with van der Waals surface area (Å²) in [7, 11) is 0. The zero-order chi connectivity index (χ0) is 14.6. The summed E-state index contributed by atoms with van der Waals surface area (Å²) in [4.78, 5) is 23.0. The molecule has 0 spiro atoms. The monoisotopic (exact) mass is 279 g/mol. The van der Waals surface area contributed by atoms with E-state index in [1.807, 2.05) is 6.92 Å². The van der Waals surface area contributed by atoms with E-state index in [0.29, 0.717) is 5.76 Å². The highest BCUT2D eigenvalue weighted by Crippen LogP contribution is 2.34. The average molecular weight is 279 g/mol. The van der Waals surface area contributed by atoms with Gasteiger partial charge in [0.15, 0.2) is 0 Å². The van der Waals surface area contributed by atoms with Crippen molar-refractivity contribution in [3.05, 3.63) is 23.7 Å².